The zero-order chi connectivity index (χ0) is 19.4. The van der Waals surface area contributed by atoms with Crippen LogP contribution in [0.2, 0.25) is 0 Å². The molecule has 27 heavy (non-hydrogen) atoms. The molecule has 0 radical (unpaired) electrons. The van der Waals surface area contributed by atoms with E-state index in [1.54, 1.807) is 0 Å². The van der Waals surface area contributed by atoms with Gasteiger partial charge in [0.05, 0.1) is 6.61 Å². The molecule has 0 saturated heterocycles. The van der Waals surface area contributed by atoms with Crippen LogP contribution in [0.3, 0.4) is 0 Å². The molecule has 1 aliphatic rings. The third-order valence-electron chi connectivity index (χ3n) is 5.18. The second-order valence-electron chi connectivity index (χ2n) is 7.73. The van der Waals surface area contributed by atoms with Gasteiger partial charge in [-0.25, -0.2) is 4.98 Å². The number of aromatic amines is 1. The fraction of sp³-hybridized carbons (Fsp3) is 0.571. The molecule has 2 atom stereocenters. The van der Waals surface area contributed by atoms with E-state index in [2.05, 4.69) is 36.0 Å². The first-order valence-electron chi connectivity index (χ1n) is 9.80. The van der Waals surface area contributed by atoms with Gasteiger partial charge in [-0.05, 0) is 49.7 Å². The minimum Gasteiger partial charge on any atom is -0.494 e. The Hall–Kier alpha value is -2.37. The number of esters is 1. The zero-order valence-corrected chi connectivity index (χ0v) is 16.6. The van der Waals surface area contributed by atoms with Crippen molar-refractivity contribution in [2.45, 2.75) is 53.1 Å². The van der Waals surface area contributed by atoms with Gasteiger partial charge in [0.25, 0.3) is 0 Å². The Bertz CT molecular complexity index is 762. The van der Waals surface area contributed by atoms with E-state index in [4.69, 9.17) is 9.47 Å². The molecule has 1 aromatic carbocycles. The molecule has 146 valence electrons. The van der Waals surface area contributed by atoms with E-state index in [0.717, 1.165) is 24.2 Å². The summed E-state index contributed by atoms with van der Waals surface area (Å²) in [5, 5.41) is 7.08. The highest BCUT2D eigenvalue weighted by molar-refractivity contribution is 5.72. The van der Waals surface area contributed by atoms with Gasteiger partial charge in [-0.2, -0.15) is 5.10 Å². The number of nitrogens with zero attached hydrogens (tertiary/aromatic N) is 2. The number of H-pyrrole nitrogens is 1. The third kappa shape index (κ3) is 4.87. The van der Waals surface area contributed by atoms with Crippen molar-refractivity contribution in [1.82, 2.24) is 15.2 Å². The topological polar surface area (TPSA) is 77.1 Å². The molecule has 1 heterocycles. The molecule has 1 N–H and O–H groups in total. The van der Waals surface area contributed by atoms with Crippen molar-refractivity contribution in [3.05, 3.63) is 30.1 Å². The molecule has 1 aliphatic carbocycles. The molecule has 0 bridgehead atoms. The van der Waals surface area contributed by atoms with E-state index in [9.17, 15) is 4.79 Å². The quantitative estimate of drug-likeness (QED) is 0.776. The lowest BCUT2D eigenvalue weighted by Crippen LogP contribution is -2.37. The summed E-state index contributed by atoms with van der Waals surface area (Å²) in [5.41, 5.74) is 0.848. The molecule has 1 fully saturated rings. The van der Waals surface area contributed by atoms with Crippen molar-refractivity contribution in [2.24, 2.45) is 17.8 Å². The van der Waals surface area contributed by atoms with Gasteiger partial charge in [0.1, 0.15) is 24.1 Å². The predicted molar refractivity (Wildman–Crippen MR) is 103 cm³/mol. The minimum absolute atomic E-state index is 0.0148. The molecule has 6 heteroatoms. The van der Waals surface area contributed by atoms with Gasteiger partial charge < -0.3 is 9.47 Å². The predicted octanol–water partition coefficient (Wildman–Crippen LogP) is 4.03. The Morgan fingerprint density at radius 3 is 2.67 bits per heavy atom. The monoisotopic (exact) mass is 371 g/mol. The summed E-state index contributed by atoms with van der Waals surface area (Å²) < 4.78 is 11.3. The van der Waals surface area contributed by atoms with Gasteiger partial charge >= 0.3 is 5.97 Å². The van der Waals surface area contributed by atoms with Crippen LogP contribution in [0.5, 0.6) is 5.75 Å². The molecular formula is C21H29N3O3. The molecule has 6 nitrogen and oxygen atoms in total. The third-order valence-corrected chi connectivity index (χ3v) is 5.18. The fourth-order valence-electron chi connectivity index (χ4n) is 4.15. The number of aromatic nitrogens is 3. The summed E-state index contributed by atoms with van der Waals surface area (Å²) in [7, 11) is 0. The fourth-order valence-corrected chi connectivity index (χ4v) is 4.15. The van der Waals surface area contributed by atoms with Crippen LogP contribution >= 0.6 is 0 Å². The Labute approximate surface area is 160 Å². The van der Waals surface area contributed by atoms with E-state index >= 15 is 0 Å². The van der Waals surface area contributed by atoms with Crippen LogP contribution in [0, 0.1) is 17.8 Å². The Morgan fingerprint density at radius 2 is 1.96 bits per heavy atom. The highest BCUT2D eigenvalue weighted by Crippen LogP contribution is 2.35. The van der Waals surface area contributed by atoms with E-state index in [1.165, 1.54) is 0 Å². The van der Waals surface area contributed by atoms with Gasteiger partial charge in [0, 0.05) is 5.56 Å². The van der Waals surface area contributed by atoms with Gasteiger partial charge in [0.15, 0.2) is 5.82 Å². The van der Waals surface area contributed by atoms with Crippen molar-refractivity contribution >= 4 is 5.97 Å². The molecule has 1 aromatic heterocycles. The number of carbonyl (C=O) groups excluding carboxylic acids is 1. The summed E-state index contributed by atoms with van der Waals surface area (Å²) in [6, 6.07) is 7.60. The SMILES string of the molecule is CCOc1cccc(-c2n[nH]c(CC(=O)OC3C(C)CC(C)CC3C)n2)c1. The second-order valence-corrected chi connectivity index (χ2v) is 7.73. The van der Waals surface area contributed by atoms with Crippen molar-refractivity contribution in [3.63, 3.8) is 0 Å². The first-order chi connectivity index (χ1) is 13.0. The van der Waals surface area contributed by atoms with Gasteiger partial charge in [-0.1, -0.05) is 32.9 Å². The van der Waals surface area contributed by atoms with Gasteiger partial charge in [-0.15, -0.1) is 0 Å². The minimum atomic E-state index is -0.251. The molecule has 0 aliphatic heterocycles. The van der Waals surface area contributed by atoms with E-state index < -0.39 is 0 Å². The first kappa shape index (κ1) is 19.4. The maximum atomic E-state index is 12.4. The summed E-state index contributed by atoms with van der Waals surface area (Å²) in [4.78, 5) is 16.9. The summed E-state index contributed by atoms with van der Waals surface area (Å²) in [5.74, 6) is 3.05. The molecule has 2 aromatic rings. The van der Waals surface area contributed by atoms with Crippen molar-refractivity contribution < 1.29 is 14.3 Å². The second kappa shape index (κ2) is 8.55. The number of nitrogens with one attached hydrogen (secondary N) is 1. The largest absolute Gasteiger partial charge is 0.494 e. The smallest absolute Gasteiger partial charge is 0.313 e. The average molecular weight is 371 g/mol. The van der Waals surface area contributed by atoms with E-state index in [0.29, 0.717) is 36.0 Å². The summed E-state index contributed by atoms with van der Waals surface area (Å²) in [6.45, 7) is 9.15. The Kier molecular flexibility index (Phi) is 6.14. The van der Waals surface area contributed by atoms with E-state index in [-0.39, 0.29) is 18.5 Å². The number of rotatable bonds is 6. The summed E-state index contributed by atoms with van der Waals surface area (Å²) in [6.07, 6.45) is 2.29. The van der Waals surface area contributed by atoms with Crippen LogP contribution < -0.4 is 4.74 Å². The van der Waals surface area contributed by atoms with Gasteiger partial charge in [-0.3, -0.25) is 9.89 Å². The van der Waals surface area contributed by atoms with Crippen LogP contribution in [-0.4, -0.2) is 33.9 Å². The maximum Gasteiger partial charge on any atom is 0.313 e. The Balaban J connectivity index is 1.62. The number of hydrogen-bond acceptors (Lipinski definition) is 5. The van der Waals surface area contributed by atoms with Gasteiger partial charge in [0.2, 0.25) is 0 Å². The van der Waals surface area contributed by atoms with Crippen LogP contribution in [0.25, 0.3) is 11.4 Å². The van der Waals surface area contributed by atoms with Crippen molar-refractivity contribution in [2.75, 3.05) is 6.61 Å². The van der Waals surface area contributed by atoms with Crippen molar-refractivity contribution in [1.29, 1.82) is 0 Å². The Morgan fingerprint density at radius 1 is 1.22 bits per heavy atom. The van der Waals surface area contributed by atoms with Crippen molar-refractivity contribution in [3.8, 4) is 17.1 Å². The van der Waals surface area contributed by atoms with E-state index in [1.807, 2.05) is 31.2 Å². The number of benzene rings is 1. The standard InChI is InChI=1S/C21H29N3O3/c1-5-26-17-8-6-7-16(11-17)21-22-18(23-24-21)12-19(25)27-20-14(3)9-13(2)10-15(20)4/h6-8,11,13-15,20H,5,9-10,12H2,1-4H3,(H,22,23,24). The molecule has 0 spiro atoms. The highest BCUT2D eigenvalue weighted by Gasteiger charge is 2.34. The molecule has 3 rings (SSSR count). The number of carbonyl (C=O) groups is 1. The van der Waals surface area contributed by atoms with Crippen LogP contribution in [0.15, 0.2) is 24.3 Å². The molecular weight excluding hydrogens is 342 g/mol. The van der Waals surface area contributed by atoms with Crippen LogP contribution in [0.1, 0.15) is 46.4 Å². The lowest BCUT2D eigenvalue weighted by Gasteiger charge is -2.37. The molecule has 2 unspecified atom stereocenters. The normalized spacial score (nSPS) is 25.2. The van der Waals surface area contributed by atoms with Crippen LogP contribution in [0.4, 0.5) is 0 Å². The number of ether oxygens (including phenoxy) is 2. The van der Waals surface area contributed by atoms with Crippen LogP contribution in [-0.2, 0) is 16.0 Å². The zero-order valence-electron chi connectivity index (χ0n) is 16.6. The molecule has 0 amide bonds. The summed E-state index contributed by atoms with van der Waals surface area (Å²) >= 11 is 0. The molecule has 1 saturated carbocycles. The lowest BCUT2D eigenvalue weighted by atomic mass is 9.75. The highest BCUT2D eigenvalue weighted by atomic mass is 16.5. The average Bonchev–Trinajstić information content (AvgIpc) is 3.07. The maximum absolute atomic E-state index is 12.4. The lowest BCUT2D eigenvalue weighted by molar-refractivity contribution is -0.157. The number of hydrogen-bond donors (Lipinski definition) is 1. The first-order valence-corrected chi connectivity index (χ1v) is 9.80.